The number of benzene rings is 1. The molecule has 0 aliphatic heterocycles. The molecule has 1 heterocycles. The Bertz CT molecular complexity index is 555. The molecule has 0 fully saturated rings. The maximum atomic E-state index is 5.96. The summed E-state index contributed by atoms with van der Waals surface area (Å²) in [5, 5.41) is 12.3. The maximum absolute atomic E-state index is 5.96. The number of aromatic nitrogens is 3. The Hall–Kier alpha value is -1.21. The van der Waals surface area contributed by atoms with Crippen LogP contribution in [-0.2, 0) is 0 Å². The lowest BCUT2D eigenvalue weighted by atomic mass is 10.2. The van der Waals surface area contributed by atoms with Gasteiger partial charge in [-0.2, -0.15) is 5.10 Å². The normalized spacial score (nSPS) is 9.79. The molecule has 0 aliphatic rings. The molecule has 0 aliphatic carbocycles. The van der Waals surface area contributed by atoms with Crippen molar-refractivity contribution in [2.24, 2.45) is 5.10 Å². The number of nitrogens with zero attached hydrogens (tertiary/aromatic N) is 4. The third-order valence-corrected chi connectivity index (χ3v) is 2.47. The molecule has 0 atom stereocenters. The second kappa shape index (κ2) is 8.06. The molecule has 3 N–H and O–H groups in total. The molecular weight excluding hydrogens is 334 g/mol. The van der Waals surface area contributed by atoms with Gasteiger partial charge >= 0.3 is 0 Å². The molecule has 0 saturated heterocycles. The summed E-state index contributed by atoms with van der Waals surface area (Å²) in [7, 11) is 0. The Morgan fingerprint density at radius 1 is 1.32 bits per heavy atom. The second-order valence-corrected chi connectivity index (χ2v) is 3.94. The van der Waals surface area contributed by atoms with E-state index in [0.717, 1.165) is 5.56 Å². The van der Waals surface area contributed by atoms with Crippen LogP contribution in [0.3, 0.4) is 0 Å². The number of anilines is 1. The van der Waals surface area contributed by atoms with Crippen LogP contribution in [0, 0.1) is 0 Å². The van der Waals surface area contributed by atoms with Crippen molar-refractivity contribution in [3.05, 3.63) is 40.1 Å². The Morgan fingerprint density at radius 3 is 2.63 bits per heavy atom. The van der Waals surface area contributed by atoms with Crippen LogP contribution in [0.1, 0.15) is 5.56 Å². The molecule has 0 saturated carbocycles. The van der Waals surface area contributed by atoms with Gasteiger partial charge in [0.15, 0.2) is 0 Å². The maximum Gasteiger partial charge on any atom is 0.263 e. The molecule has 104 valence electrons. The first-order valence-electron chi connectivity index (χ1n) is 4.56. The Balaban J connectivity index is 0.00000162. The number of hydrogen-bond donors (Lipinski definition) is 2. The van der Waals surface area contributed by atoms with E-state index in [1.54, 1.807) is 18.2 Å². The number of nitrogens with two attached hydrogens (primary N) is 1. The molecule has 10 heteroatoms. The highest BCUT2D eigenvalue weighted by Crippen LogP contribution is 2.19. The average molecular weight is 344 g/mol. The molecule has 1 aromatic carbocycles. The van der Waals surface area contributed by atoms with E-state index in [4.69, 9.17) is 29.0 Å². The highest BCUT2D eigenvalue weighted by molar-refractivity contribution is 6.36. The van der Waals surface area contributed by atoms with Gasteiger partial charge in [-0.3, -0.25) is 0 Å². The van der Waals surface area contributed by atoms with E-state index in [-0.39, 0.29) is 24.8 Å². The molecule has 0 unspecified atom stereocenters. The van der Waals surface area contributed by atoms with Crippen molar-refractivity contribution in [1.82, 2.24) is 14.9 Å². The fourth-order valence-electron chi connectivity index (χ4n) is 1.09. The fourth-order valence-corrected chi connectivity index (χ4v) is 1.55. The van der Waals surface area contributed by atoms with Crippen LogP contribution in [-0.4, -0.2) is 21.1 Å². The largest absolute Gasteiger partial charge is 0.335 e. The summed E-state index contributed by atoms with van der Waals surface area (Å²) in [5.41, 5.74) is 3.35. The lowest BCUT2D eigenvalue weighted by molar-refractivity contribution is 0.988. The van der Waals surface area contributed by atoms with Crippen molar-refractivity contribution >= 4 is 60.2 Å². The summed E-state index contributed by atoms with van der Waals surface area (Å²) < 4.78 is 1.21. The standard InChI is InChI=1S/C9H8Cl2N6.2ClH/c10-7-2-1-6(8(11)3-7)4-13-15-9-16-14-5-17(9)12;;/h1-5H,12H2,(H,15,16);2*1H/b13-4+;;. The summed E-state index contributed by atoms with van der Waals surface area (Å²) in [5.74, 6) is 5.81. The number of nitrogens with one attached hydrogen (secondary N) is 1. The van der Waals surface area contributed by atoms with Gasteiger partial charge in [0.1, 0.15) is 6.33 Å². The predicted molar refractivity (Wildman–Crippen MR) is 82.3 cm³/mol. The van der Waals surface area contributed by atoms with Gasteiger partial charge in [0.2, 0.25) is 0 Å². The number of nitrogen functional groups attached to an aromatic ring is 1. The number of hydrazone groups is 1. The molecule has 0 bridgehead atoms. The van der Waals surface area contributed by atoms with Gasteiger partial charge in [-0.1, -0.05) is 29.3 Å². The van der Waals surface area contributed by atoms with Crippen molar-refractivity contribution in [1.29, 1.82) is 0 Å². The SMILES string of the molecule is Cl.Cl.Nn1cnnc1N/N=C/c1ccc(Cl)cc1Cl. The third kappa shape index (κ3) is 4.76. The summed E-state index contributed by atoms with van der Waals surface area (Å²) >= 11 is 11.7. The monoisotopic (exact) mass is 342 g/mol. The highest BCUT2D eigenvalue weighted by Gasteiger charge is 1.99. The van der Waals surface area contributed by atoms with Gasteiger partial charge in [0.25, 0.3) is 5.95 Å². The van der Waals surface area contributed by atoms with Crippen molar-refractivity contribution < 1.29 is 0 Å². The van der Waals surface area contributed by atoms with E-state index in [1.807, 2.05) is 0 Å². The zero-order valence-corrected chi connectivity index (χ0v) is 12.5. The van der Waals surface area contributed by atoms with Crippen LogP contribution in [0.5, 0.6) is 0 Å². The predicted octanol–water partition coefficient (Wildman–Crippen LogP) is 2.59. The molecular formula is C9H10Cl4N6. The minimum Gasteiger partial charge on any atom is -0.335 e. The molecule has 2 rings (SSSR count). The summed E-state index contributed by atoms with van der Waals surface area (Å²) in [4.78, 5) is 0. The van der Waals surface area contributed by atoms with E-state index < -0.39 is 0 Å². The lowest BCUT2D eigenvalue weighted by Crippen LogP contribution is -2.10. The Kier molecular flexibility index (Phi) is 7.55. The molecule has 2 aromatic rings. The number of hydrogen-bond acceptors (Lipinski definition) is 5. The third-order valence-electron chi connectivity index (χ3n) is 1.90. The van der Waals surface area contributed by atoms with Crippen LogP contribution < -0.4 is 11.3 Å². The summed E-state index contributed by atoms with van der Waals surface area (Å²) in [6, 6.07) is 5.11. The van der Waals surface area contributed by atoms with Gasteiger partial charge in [-0.25, -0.2) is 10.1 Å². The van der Waals surface area contributed by atoms with Crippen LogP contribution in [0.15, 0.2) is 29.6 Å². The molecule has 1 aromatic heterocycles. The van der Waals surface area contributed by atoms with Crippen molar-refractivity contribution in [2.45, 2.75) is 0 Å². The van der Waals surface area contributed by atoms with Gasteiger partial charge in [-0.15, -0.1) is 35.0 Å². The molecule has 0 radical (unpaired) electrons. The van der Waals surface area contributed by atoms with Gasteiger partial charge in [0.05, 0.1) is 11.2 Å². The van der Waals surface area contributed by atoms with Crippen molar-refractivity contribution in [3.8, 4) is 0 Å². The van der Waals surface area contributed by atoms with E-state index in [1.165, 1.54) is 17.2 Å². The highest BCUT2D eigenvalue weighted by atomic mass is 35.5. The van der Waals surface area contributed by atoms with Crippen molar-refractivity contribution in [3.63, 3.8) is 0 Å². The lowest BCUT2D eigenvalue weighted by Gasteiger charge is -1.99. The zero-order chi connectivity index (χ0) is 12.3. The first kappa shape index (κ1) is 17.8. The van der Waals surface area contributed by atoms with Crippen LogP contribution in [0.2, 0.25) is 10.0 Å². The Morgan fingerprint density at radius 2 is 2.05 bits per heavy atom. The number of halogens is 4. The first-order valence-corrected chi connectivity index (χ1v) is 5.31. The van der Waals surface area contributed by atoms with Crippen LogP contribution in [0.4, 0.5) is 5.95 Å². The molecule has 0 spiro atoms. The second-order valence-electron chi connectivity index (χ2n) is 3.10. The minimum absolute atomic E-state index is 0. The van der Waals surface area contributed by atoms with Crippen molar-refractivity contribution in [2.75, 3.05) is 11.3 Å². The quantitative estimate of drug-likeness (QED) is 0.510. The Labute approximate surface area is 131 Å². The fraction of sp³-hybridized carbons (Fsp3) is 0. The van der Waals surface area contributed by atoms with E-state index >= 15 is 0 Å². The minimum atomic E-state index is 0. The summed E-state index contributed by atoms with van der Waals surface area (Å²) in [6.07, 6.45) is 2.89. The van der Waals surface area contributed by atoms with E-state index in [0.29, 0.717) is 16.0 Å². The van der Waals surface area contributed by atoms with E-state index in [2.05, 4.69) is 20.7 Å². The number of rotatable bonds is 3. The smallest absolute Gasteiger partial charge is 0.263 e. The first-order chi connectivity index (χ1) is 8.16. The topological polar surface area (TPSA) is 81.1 Å². The summed E-state index contributed by atoms with van der Waals surface area (Å²) in [6.45, 7) is 0. The molecule has 19 heavy (non-hydrogen) atoms. The van der Waals surface area contributed by atoms with Gasteiger partial charge in [0, 0.05) is 10.6 Å². The average Bonchev–Trinajstić information content (AvgIpc) is 2.68. The van der Waals surface area contributed by atoms with E-state index in [9.17, 15) is 0 Å². The zero-order valence-electron chi connectivity index (χ0n) is 9.33. The van der Waals surface area contributed by atoms with Crippen LogP contribution >= 0.6 is 48.0 Å². The van der Waals surface area contributed by atoms with Gasteiger partial charge < -0.3 is 5.84 Å². The van der Waals surface area contributed by atoms with Gasteiger partial charge in [-0.05, 0) is 12.1 Å². The molecule has 0 amide bonds. The molecule has 6 nitrogen and oxygen atoms in total. The van der Waals surface area contributed by atoms with Crippen LogP contribution in [0.25, 0.3) is 0 Å².